The molecule has 1 aromatic heterocycles. The van der Waals surface area contributed by atoms with Gasteiger partial charge >= 0.3 is 5.97 Å². The van der Waals surface area contributed by atoms with Gasteiger partial charge in [0.15, 0.2) is 5.11 Å². The van der Waals surface area contributed by atoms with E-state index in [4.69, 9.17) is 17.0 Å². The van der Waals surface area contributed by atoms with Gasteiger partial charge in [-0.3, -0.25) is 0 Å². The molecule has 0 spiro atoms. The minimum Gasteiger partial charge on any atom is -0.465 e. The van der Waals surface area contributed by atoms with Crippen LogP contribution in [-0.2, 0) is 4.74 Å². The van der Waals surface area contributed by atoms with Gasteiger partial charge in [0.1, 0.15) is 4.88 Å². The van der Waals surface area contributed by atoms with Crippen LogP contribution in [0.15, 0.2) is 11.4 Å². The summed E-state index contributed by atoms with van der Waals surface area (Å²) in [7, 11) is 1.39. The molecule has 0 aromatic carbocycles. The number of piperidine rings is 1. The first-order chi connectivity index (χ1) is 9.51. The molecule has 1 fully saturated rings. The Bertz CT molecular complexity index is 491. The summed E-state index contributed by atoms with van der Waals surface area (Å²) in [5, 5.41) is 5.73. The Balaban J connectivity index is 2.04. The second-order valence-electron chi connectivity index (χ2n) is 5.44. The molecule has 0 radical (unpaired) electrons. The lowest BCUT2D eigenvalue weighted by molar-refractivity contribution is 0.0607. The van der Waals surface area contributed by atoms with Crippen LogP contribution in [0.5, 0.6) is 0 Å². The molecule has 0 saturated carbocycles. The Kier molecular flexibility index (Phi) is 4.99. The van der Waals surface area contributed by atoms with Crippen LogP contribution < -0.4 is 5.32 Å². The van der Waals surface area contributed by atoms with Gasteiger partial charge in [-0.05, 0) is 41.9 Å². The summed E-state index contributed by atoms with van der Waals surface area (Å²) in [6, 6.07) is 1.86. The highest BCUT2D eigenvalue weighted by molar-refractivity contribution is 7.80. The topological polar surface area (TPSA) is 41.6 Å². The predicted octanol–water partition coefficient (Wildman–Crippen LogP) is 3.21. The van der Waals surface area contributed by atoms with Crippen molar-refractivity contribution in [3.05, 3.63) is 16.3 Å². The summed E-state index contributed by atoms with van der Waals surface area (Å²) in [5.74, 6) is 0.952. The van der Waals surface area contributed by atoms with Crippen molar-refractivity contribution in [1.29, 1.82) is 0 Å². The minimum absolute atomic E-state index is 0.328. The van der Waals surface area contributed by atoms with Crippen LogP contribution in [0.25, 0.3) is 0 Å². The average Bonchev–Trinajstić information content (AvgIpc) is 2.84. The molecule has 4 nitrogen and oxygen atoms in total. The number of rotatable bonds is 2. The fourth-order valence-electron chi connectivity index (χ4n) is 2.68. The molecular formula is C14H20N2O2S2. The first kappa shape index (κ1) is 15.3. The lowest BCUT2D eigenvalue weighted by Crippen LogP contribution is -2.44. The van der Waals surface area contributed by atoms with Crippen LogP contribution in [0.4, 0.5) is 5.69 Å². The van der Waals surface area contributed by atoms with Gasteiger partial charge in [-0.25, -0.2) is 4.79 Å². The number of nitrogens with zero attached hydrogens (tertiary/aromatic N) is 1. The molecule has 0 aliphatic carbocycles. The maximum absolute atomic E-state index is 11.6. The van der Waals surface area contributed by atoms with Crippen molar-refractivity contribution in [3.8, 4) is 0 Å². The van der Waals surface area contributed by atoms with Crippen molar-refractivity contribution in [3.63, 3.8) is 0 Å². The van der Waals surface area contributed by atoms with E-state index in [1.54, 1.807) is 0 Å². The first-order valence-electron chi connectivity index (χ1n) is 6.73. The highest BCUT2D eigenvalue weighted by Crippen LogP contribution is 2.25. The molecule has 2 atom stereocenters. The second kappa shape index (κ2) is 6.54. The van der Waals surface area contributed by atoms with E-state index in [1.165, 1.54) is 24.9 Å². The van der Waals surface area contributed by atoms with Gasteiger partial charge in [0.2, 0.25) is 0 Å². The number of methoxy groups -OCH3 is 1. The Labute approximate surface area is 129 Å². The fourth-order valence-corrected chi connectivity index (χ4v) is 3.71. The van der Waals surface area contributed by atoms with Gasteiger partial charge in [-0.1, -0.05) is 13.8 Å². The van der Waals surface area contributed by atoms with E-state index in [2.05, 4.69) is 24.1 Å². The molecule has 2 rings (SSSR count). The number of likely N-dealkylation sites (tertiary alicyclic amines) is 1. The maximum Gasteiger partial charge on any atom is 0.350 e. The third kappa shape index (κ3) is 3.49. The third-order valence-corrected chi connectivity index (χ3v) is 4.69. The summed E-state index contributed by atoms with van der Waals surface area (Å²) in [6.07, 6.45) is 1.24. The van der Waals surface area contributed by atoms with Gasteiger partial charge in [0, 0.05) is 13.1 Å². The summed E-state index contributed by atoms with van der Waals surface area (Å²) < 4.78 is 4.77. The molecule has 0 amide bonds. The SMILES string of the molecule is COC(=O)c1sccc1NC(=S)N1C[C@H](C)C[C@H](C)C1. The summed E-state index contributed by atoms with van der Waals surface area (Å²) in [6.45, 7) is 6.42. The number of hydrogen-bond donors (Lipinski definition) is 1. The molecule has 0 bridgehead atoms. The smallest absolute Gasteiger partial charge is 0.350 e. The van der Waals surface area contributed by atoms with Gasteiger partial charge in [0.05, 0.1) is 12.8 Å². The van der Waals surface area contributed by atoms with Gasteiger partial charge in [-0.15, -0.1) is 11.3 Å². The highest BCUT2D eigenvalue weighted by Gasteiger charge is 2.24. The van der Waals surface area contributed by atoms with Crippen molar-refractivity contribution in [2.45, 2.75) is 20.3 Å². The van der Waals surface area contributed by atoms with E-state index in [0.717, 1.165) is 18.8 Å². The quantitative estimate of drug-likeness (QED) is 0.671. The van der Waals surface area contributed by atoms with Crippen LogP contribution in [0, 0.1) is 11.8 Å². The molecular weight excluding hydrogens is 292 g/mol. The normalized spacial score (nSPS) is 22.4. The molecule has 1 aliphatic heterocycles. The van der Waals surface area contributed by atoms with E-state index in [1.807, 2.05) is 11.4 Å². The highest BCUT2D eigenvalue weighted by atomic mass is 32.1. The molecule has 1 aromatic rings. The summed E-state index contributed by atoms with van der Waals surface area (Å²) in [4.78, 5) is 14.4. The van der Waals surface area contributed by atoms with Crippen molar-refractivity contribution in [1.82, 2.24) is 4.90 Å². The van der Waals surface area contributed by atoms with Crippen molar-refractivity contribution in [2.24, 2.45) is 11.8 Å². The van der Waals surface area contributed by atoms with E-state index >= 15 is 0 Å². The molecule has 1 saturated heterocycles. The first-order valence-corrected chi connectivity index (χ1v) is 8.01. The van der Waals surface area contributed by atoms with Crippen molar-refractivity contribution in [2.75, 3.05) is 25.5 Å². The van der Waals surface area contributed by atoms with Crippen molar-refractivity contribution >= 4 is 40.3 Å². The minimum atomic E-state index is -0.328. The predicted molar refractivity (Wildman–Crippen MR) is 86.4 cm³/mol. The number of carbonyl (C=O) groups is 1. The lowest BCUT2D eigenvalue weighted by atomic mass is 9.92. The van der Waals surface area contributed by atoms with Gasteiger partial charge in [-0.2, -0.15) is 0 Å². The molecule has 110 valence electrons. The number of esters is 1. The number of hydrogen-bond acceptors (Lipinski definition) is 4. The molecule has 20 heavy (non-hydrogen) atoms. The molecule has 2 heterocycles. The summed E-state index contributed by atoms with van der Waals surface area (Å²) in [5.41, 5.74) is 0.734. The Hall–Kier alpha value is -1.14. The number of ether oxygens (including phenoxy) is 1. The zero-order valence-electron chi connectivity index (χ0n) is 12.0. The van der Waals surface area contributed by atoms with E-state index in [-0.39, 0.29) is 5.97 Å². The largest absolute Gasteiger partial charge is 0.465 e. The number of nitrogens with one attached hydrogen (secondary N) is 1. The summed E-state index contributed by atoms with van der Waals surface area (Å²) >= 11 is 6.83. The fraction of sp³-hybridized carbons (Fsp3) is 0.571. The molecule has 1 aliphatic rings. The number of thiophene rings is 1. The van der Waals surface area contributed by atoms with E-state index in [9.17, 15) is 4.79 Å². The number of carbonyl (C=O) groups excluding carboxylic acids is 1. The lowest BCUT2D eigenvalue weighted by Gasteiger charge is -2.36. The van der Waals surface area contributed by atoms with Crippen LogP contribution in [0.1, 0.15) is 29.9 Å². The molecule has 6 heteroatoms. The number of thiocarbonyl (C=S) groups is 1. The maximum atomic E-state index is 11.6. The van der Waals surface area contributed by atoms with Crippen molar-refractivity contribution < 1.29 is 9.53 Å². The van der Waals surface area contributed by atoms with E-state index < -0.39 is 0 Å². The molecule has 0 unspecified atom stereocenters. The van der Waals surface area contributed by atoms with Crippen LogP contribution in [0.2, 0.25) is 0 Å². The van der Waals surface area contributed by atoms with E-state index in [0.29, 0.717) is 21.8 Å². The molecule has 1 N–H and O–H groups in total. The third-order valence-electron chi connectivity index (χ3n) is 3.43. The monoisotopic (exact) mass is 312 g/mol. The van der Waals surface area contributed by atoms with Crippen LogP contribution >= 0.6 is 23.6 Å². The van der Waals surface area contributed by atoms with Crippen LogP contribution in [-0.4, -0.2) is 36.2 Å². The Morgan fingerprint density at radius 1 is 1.45 bits per heavy atom. The van der Waals surface area contributed by atoms with Gasteiger partial charge < -0.3 is 15.0 Å². The number of anilines is 1. The second-order valence-corrected chi connectivity index (χ2v) is 6.74. The zero-order chi connectivity index (χ0) is 14.7. The van der Waals surface area contributed by atoms with Gasteiger partial charge in [0.25, 0.3) is 0 Å². The standard InChI is InChI=1S/C14H20N2O2S2/c1-9-6-10(2)8-16(7-9)14(19)15-11-4-5-20-12(11)13(17)18-3/h4-5,9-10H,6-8H2,1-3H3,(H,15,19)/t9-,10+. The average molecular weight is 312 g/mol. The zero-order valence-corrected chi connectivity index (χ0v) is 13.6. The Morgan fingerprint density at radius 2 is 2.10 bits per heavy atom. The van der Waals surface area contributed by atoms with Crippen LogP contribution in [0.3, 0.4) is 0 Å². The Morgan fingerprint density at radius 3 is 2.70 bits per heavy atom.